The molecular weight excluding hydrogens is 156 g/mol. The molecule has 0 N–H and O–H groups in total. The summed E-state index contributed by atoms with van der Waals surface area (Å²) in [5, 5.41) is 0. The van der Waals surface area contributed by atoms with Gasteiger partial charge in [0, 0.05) is 11.8 Å². The zero-order valence-corrected chi connectivity index (χ0v) is 7.66. The molecule has 0 rings (SSSR count). The Kier molecular flexibility index (Phi) is 3.80. The predicted octanol–water partition coefficient (Wildman–Crippen LogP) is 1.01. The highest BCUT2D eigenvalue weighted by Gasteiger charge is 2.28. The summed E-state index contributed by atoms with van der Waals surface area (Å²) in [6.45, 7) is 5.20. The van der Waals surface area contributed by atoms with Crippen LogP contribution < -0.4 is 0 Å². The van der Waals surface area contributed by atoms with Gasteiger partial charge in [-0.2, -0.15) is 0 Å². The van der Waals surface area contributed by atoms with Gasteiger partial charge in [0.2, 0.25) is 0 Å². The summed E-state index contributed by atoms with van der Waals surface area (Å²) in [4.78, 5) is 31.9. The molecule has 12 heavy (non-hydrogen) atoms. The molecule has 0 aromatic carbocycles. The van der Waals surface area contributed by atoms with Crippen molar-refractivity contribution in [3.8, 4) is 0 Å². The Labute approximate surface area is 72.1 Å². The van der Waals surface area contributed by atoms with Gasteiger partial charge in [-0.15, -0.1) is 0 Å². The molecule has 0 bridgehead atoms. The third kappa shape index (κ3) is 2.95. The van der Waals surface area contributed by atoms with Crippen molar-refractivity contribution in [2.45, 2.75) is 27.2 Å². The van der Waals surface area contributed by atoms with Crippen LogP contribution in [0.4, 0.5) is 0 Å². The van der Waals surface area contributed by atoms with Crippen LogP contribution in [0.1, 0.15) is 27.2 Å². The lowest BCUT2D eigenvalue weighted by molar-refractivity contribution is -0.135. The lowest BCUT2D eigenvalue weighted by atomic mass is 9.82. The van der Waals surface area contributed by atoms with Crippen LogP contribution in [0.5, 0.6) is 0 Å². The van der Waals surface area contributed by atoms with E-state index >= 15 is 0 Å². The Morgan fingerprint density at radius 2 is 1.83 bits per heavy atom. The molecule has 0 amide bonds. The SMILES string of the molecule is CC(C)(C)C(=O)C(C=O)CC=O. The summed E-state index contributed by atoms with van der Waals surface area (Å²) in [5.41, 5.74) is -0.547. The third-order valence-corrected chi connectivity index (χ3v) is 1.59. The van der Waals surface area contributed by atoms with Crippen LogP contribution in [0.2, 0.25) is 0 Å². The van der Waals surface area contributed by atoms with Crippen molar-refractivity contribution in [3.63, 3.8) is 0 Å². The standard InChI is InChI=1S/C9H14O3/c1-9(2,3)8(12)7(6-11)4-5-10/h5-7H,4H2,1-3H3. The van der Waals surface area contributed by atoms with E-state index in [4.69, 9.17) is 0 Å². The normalized spacial score (nSPS) is 13.6. The van der Waals surface area contributed by atoms with Crippen molar-refractivity contribution in [2.75, 3.05) is 0 Å². The van der Waals surface area contributed by atoms with E-state index in [1.165, 1.54) is 0 Å². The topological polar surface area (TPSA) is 51.2 Å². The molecule has 0 spiro atoms. The minimum absolute atomic E-state index is 0.000394. The molecule has 3 heteroatoms. The molecule has 0 aromatic heterocycles. The molecule has 0 fully saturated rings. The first kappa shape index (κ1) is 11.0. The lowest BCUT2D eigenvalue weighted by Crippen LogP contribution is -2.29. The predicted molar refractivity (Wildman–Crippen MR) is 44.7 cm³/mol. The number of carbonyl (C=O) groups is 3. The maximum atomic E-state index is 11.4. The molecular formula is C9H14O3. The third-order valence-electron chi connectivity index (χ3n) is 1.59. The highest BCUT2D eigenvalue weighted by atomic mass is 16.1. The van der Waals surface area contributed by atoms with E-state index in [-0.39, 0.29) is 12.2 Å². The second-order valence-corrected chi connectivity index (χ2v) is 3.76. The monoisotopic (exact) mass is 170 g/mol. The second-order valence-electron chi connectivity index (χ2n) is 3.76. The van der Waals surface area contributed by atoms with E-state index in [9.17, 15) is 14.4 Å². The van der Waals surface area contributed by atoms with Crippen molar-refractivity contribution in [1.29, 1.82) is 0 Å². The molecule has 0 aliphatic heterocycles. The van der Waals surface area contributed by atoms with Gasteiger partial charge in [-0.05, 0) is 0 Å². The minimum atomic E-state index is -0.762. The quantitative estimate of drug-likeness (QED) is 0.467. The van der Waals surface area contributed by atoms with E-state index in [0.29, 0.717) is 12.6 Å². The Morgan fingerprint density at radius 1 is 1.33 bits per heavy atom. The molecule has 0 saturated heterocycles. The van der Waals surface area contributed by atoms with Gasteiger partial charge >= 0.3 is 0 Å². The van der Waals surface area contributed by atoms with Crippen LogP contribution in [0.25, 0.3) is 0 Å². The fourth-order valence-electron chi connectivity index (χ4n) is 0.884. The maximum absolute atomic E-state index is 11.4. The van der Waals surface area contributed by atoms with Crippen molar-refractivity contribution in [2.24, 2.45) is 11.3 Å². The zero-order chi connectivity index (χ0) is 9.78. The summed E-state index contributed by atoms with van der Waals surface area (Å²) in [6.07, 6.45) is 1.14. The largest absolute Gasteiger partial charge is 0.303 e. The Bertz CT molecular complexity index is 188. The molecule has 0 aliphatic carbocycles. The summed E-state index contributed by atoms with van der Waals surface area (Å²) < 4.78 is 0. The van der Waals surface area contributed by atoms with Crippen LogP contribution in [0.3, 0.4) is 0 Å². The van der Waals surface area contributed by atoms with Gasteiger partial charge in [0.1, 0.15) is 18.4 Å². The molecule has 1 unspecified atom stereocenters. The molecule has 0 heterocycles. The van der Waals surface area contributed by atoms with Crippen LogP contribution in [-0.4, -0.2) is 18.4 Å². The summed E-state index contributed by atoms with van der Waals surface area (Å²) >= 11 is 0. The van der Waals surface area contributed by atoms with Crippen molar-refractivity contribution < 1.29 is 14.4 Å². The first-order chi connectivity index (χ1) is 5.43. The van der Waals surface area contributed by atoms with E-state index in [1.807, 2.05) is 0 Å². The van der Waals surface area contributed by atoms with Crippen LogP contribution in [0, 0.1) is 11.3 Å². The minimum Gasteiger partial charge on any atom is -0.303 e. The van der Waals surface area contributed by atoms with Gasteiger partial charge in [0.25, 0.3) is 0 Å². The number of ketones is 1. The van der Waals surface area contributed by atoms with Gasteiger partial charge in [-0.3, -0.25) is 4.79 Å². The van der Waals surface area contributed by atoms with Crippen molar-refractivity contribution in [1.82, 2.24) is 0 Å². The average molecular weight is 170 g/mol. The first-order valence-corrected chi connectivity index (χ1v) is 3.86. The van der Waals surface area contributed by atoms with Gasteiger partial charge < -0.3 is 9.59 Å². The van der Waals surface area contributed by atoms with E-state index in [0.717, 1.165) is 0 Å². The van der Waals surface area contributed by atoms with Gasteiger partial charge in [-0.1, -0.05) is 20.8 Å². The van der Waals surface area contributed by atoms with Gasteiger partial charge in [0.15, 0.2) is 0 Å². The highest BCUT2D eigenvalue weighted by Crippen LogP contribution is 2.20. The van der Waals surface area contributed by atoms with Crippen molar-refractivity contribution in [3.05, 3.63) is 0 Å². The number of hydrogen-bond donors (Lipinski definition) is 0. The average Bonchev–Trinajstić information content (AvgIpc) is 1.97. The summed E-state index contributed by atoms with van der Waals surface area (Å²) in [7, 11) is 0. The Balaban J connectivity index is 4.42. The number of carbonyl (C=O) groups excluding carboxylic acids is 3. The van der Waals surface area contributed by atoms with E-state index in [2.05, 4.69) is 0 Å². The molecule has 0 aromatic rings. The lowest BCUT2D eigenvalue weighted by Gasteiger charge is -2.19. The van der Waals surface area contributed by atoms with Crippen LogP contribution in [-0.2, 0) is 14.4 Å². The van der Waals surface area contributed by atoms with Gasteiger partial charge in [-0.25, -0.2) is 0 Å². The Morgan fingerprint density at radius 3 is 2.08 bits per heavy atom. The van der Waals surface area contributed by atoms with Crippen LogP contribution in [0.15, 0.2) is 0 Å². The molecule has 1 atom stereocenters. The zero-order valence-electron chi connectivity index (χ0n) is 7.66. The second kappa shape index (κ2) is 4.14. The Hall–Kier alpha value is -0.990. The molecule has 0 radical (unpaired) electrons. The molecule has 68 valence electrons. The van der Waals surface area contributed by atoms with Gasteiger partial charge in [0.05, 0.1) is 5.92 Å². The summed E-state index contributed by atoms with van der Waals surface area (Å²) in [5.74, 6) is -0.938. The molecule has 0 saturated carbocycles. The smallest absolute Gasteiger partial charge is 0.148 e. The highest BCUT2D eigenvalue weighted by molar-refractivity contribution is 5.97. The molecule has 3 nitrogen and oxygen atoms in total. The van der Waals surface area contributed by atoms with E-state index in [1.54, 1.807) is 20.8 Å². The number of Topliss-reactive ketones (excluding diaryl/α,β-unsaturated/α-hetero) is 1. The number of rotatable bonds is 4. The first-order valence-electron chi connectivity index (χ1n) is 3.86. The number of hydrogen-bond acceptors (Lipinski definition) is 3. The fourth-order valence-corrected chi connectivity index (χ4v) is 0.884. The maximum Gasteiger partial charge on any atom is 0.148 e. The van der Waals surface area contributed by atoms with Crippen LogP contribution >= 0.6 is 0 Å². The molecule has 0 aliphatic rings. The van der Waals surface area contributed by atoms with E-state index < -0.39 is 11.3 Å². The number of aldehydes is 2. The summed E-state index contributed by atoms with van der Waals surface area (Å²) in [6, 6.07) is 0. The van der Waals surface area contributed by atoms with Crippen molar-refractivity contribution >= 4 is 18.4 Å². The fraction of sp³-hybridized carbons (Fsp3) is 0.667.